The smallest absolute Gasteiger partial charge is 0.232 e. The number of sulfonamides is 1. The van der Waals surface area contributed by atoms with Crippen molar-refractivity contribution < 1.29 is 27.1 Å². The zero-order valence-corrected chi connectivity index (χ0v) is 24.3. The first kappa shape index (κ1) is 27.6. The Morgan fingerprint density at radius 1 is 0.905 bits per heavy atom. The van der Waals surface area contributed by atoms with Crippen LogP contribution in [0.1, 0.15) is 45.8 Å². The Labute approximate surface area is 245 Å². The number of hydrogen-bond acceptors (Lipinski definition) is 6. The van der Waals surface area contributed by atoms with Crippen molar-refractivity contribution in [2.24, 2.45) is 0 Å². The molecule has 0 unspecified atom stereocenters. The van der Waals surface area contributed by atoms with Crippen molar-refractivity contribution >= 4 is 33.0 Å². The molecule has 1 aromatic heterocycles. The lowest BCUT2D eigenvalue weighted by Gasteiger charge is -2.25. The Balaban J connectivity index is 1.36. The van der Waals surface area contributed by atoms with Gasteiger partial charge in [-0.2, -0.15) is 0 Å². The van der Waals surface area contributed by atoms with E-state index in [2.05, 4.69) is 0 Å². The summed E-state index contributed by atoms with van der Waals surface area (Å²) in [7, 11) is -2.05. The second-order valence-electron chi connectivity index (χ2n) is 10.6. The van der Waals surface area contributed by atoms with E-state index in [1.807, 2.05) is 84.9 Å². The first-order chi connectivity index (χ1) is 20.3. The summed E-state index contributed by atoms with van der Waals surface area (Å²) in [5.41, 5.74) is 5.00. The van der Waals surface area contributed by atoms with Crippen LogP contribution in [0, 0.1) is 0 Å². The fourth-order valence-electron chi connectivity index (χ4n) is 5.16. The summed E-state index contributed by atoms with van der Waals surface area (Å²) < 4.78 is 45.1. The molecule has 6 rings (SSSR count). The summed E-state index contributed by atoms with van der Waals surface area (Å²) in [4.78, 5) is 12.4. The Hall–Kier alpha value is -4.56. The van der Waals surface area contributed by atoms with E-state index < -0.39 is 10.0 Å². The third kappa shape index (κ3) is 5.76. The second kappa shape index (κ2) is 11.4. The van der Waals surface area contributed by atoms with Gasteiger partial charge in [0.1, 0.15) is 29.4 Å². The fourth-order valence-corrected chi connectivity index (χ4v) is 6.06. The van der Waals surface area contributed by atoms with Crippen LogP contribution in [-0.4, -0.2) is 28.1 Å². The van der Waals surface area contributed by atoms with E-state index in [-0.39, 0.29) is 12.5 Å². The molecule has 0 saturated heterocycles. The molecule has 8 heteroatoms. The number of carbonyl (C=O) groups excluding carboxylic acids is 1. The van der Waals surface area contributed by atoms with Gasteiger partial charge in [0.05, 0.1) is 31.2 Å². The predicted molar refractivity (Wildman–Crippen MR) is 164 cm³/mol. The monoisotopic (exact) mass is 581 g/mol. The van der Waals surface area contributed by atoms with Crippen LogP contribution in [0.5, 0.6) is 11.5 Å². The molecule has 1 aliphatic carbocycles. The van der Waals surface area contributed by atoms with Crippen molar-refractivity contribution in [2.45, 2.75) is 31.9 Å². The zero-order valence-electron chi connectivity index (χ0n) is 23.4. The minimum absolute atomic E-state index is 0.159. The van der Waals surface area contributed by atoms with Gasteiger partial charge in [0, 0.05) is 17.0 Å². The van der Waals surface area contributed by atoms with Gasteiger partial charge in [-0.25, -0.2) is 8.42 Å². The van der Waals surface area contributed by atoms with Gasteiger partial charge in [-0.15, -0.1) is 0 Å². The number of nitrogens with zero attached hydrogens (tertiary/aromatic N) is 1. The number of fused-ring (bicyclic) bond motifs is 1. The Bertz CT molecular complexity index is 1820. The van der Waals surface area contributed by atoms with Gasteiger partial charge in [-0.05, 0) is 77.9 Å². The lowest BCUT2D eigenvalue weighted by molar-refractivity contribution is 0.112. The van der Waals surface area contributed by atoms with Crippen LogP contribution in [0.4, 0.5) is 5.69 Å². The van der Waals surface area contributed by atoms with Crippen molar-refractivity contribution in [1.82, 2.24) is 0 Å². The van der Waals surface area contributed by atoms with E-state index in [4.69, 9.17) is 13.9 Å². The molecule has 1 heterocycles. The third-order valence-corrected chi connectivity index (χ3v) is 8.66. The molecule has 5 aromatic rings. The number of benzene rings is 4. The molecular weight excluding hydrogens is 550 g/mol. The molecule has 0 radical (unpaired) electrons. The van der Waals surface area contributed by atoms with Gasteiger partial charge >= 0.3 is 0 Å². The molecule has 1 aliphatic rings. The summed E-state index contributed by atoms with van der Waals surface area (Å²) in [6.45, 7) is 0.608. The van der Waals surface area contributed by atoms with E-state index >= 15 is 0 Å². The quantitative estimate of drug-likeness (QED) is 0.152. The SMILES string of the molecule is COc1ccc(CN(c2cc3oc(-c4ccc(OCc5ccccc5)cc4)c(C=O)c3cc2C2CC2)S(C)(=O)=O)cc1. The van der Waals surface area contributed by atoms with Gasteiger partial charge in [-0.1, -0.05) is 42.5 Å². The number of furan rings is 1. The van der Waals surface area contributed by atoms with Crippen LogP contribution in [-0.2, 0) is 23.2 Å². The highest BCUT2D eigenvalue weighted by Crippen LogP contribution is 2.48. The molecule has 1 saturated carbocycles. The third-order valence-electron chi connectivity index (χ3n) is 7.53. The molecule has 0 spiro atoms. The van der Waals surface area contributed by atoms with Crippen LogP contribution in [0.25, 0.3) is 22.3 Å². The largest absolute Gasteiger partial charge is 0.497 e. The van der Waals surface area contributed by atoms with E-state index in [1.54, 1.807) is 13.2 Å². The molecule has 0 N–H and O–H groups in total. The van der Waals surface area contributed by atoms with Crippen molar-refractivity contribution in [1.29, 1.82) is 0 Å². The molecule has 214 valence electrons. The van der Waals surface area contributed by atoms with Crippen LogP contribution in [0.2, 0.25) is 0 Å². The average Bonchev–Trinajstić information content (AvgIpc) is 3.79. The van der Waals surface area contributed by atoms with Crippen molar-refractivity contribution in [3.8, 4) is 22.8 Å². The lowest BCUT2D eigenvalue weighted by Crippen LogP contribution is -2.30. The van der Waals surface area contributed by atoms with Crippen molar-refractivity contribution in [3.63, 3.8) is 0 Å². The Kier molecular flexibility index (Phi) is 7.47. The summed E-state index contributed by atoms with van der Waals surface area (Å²) in [5.74, 6) is 2.06. The van der Waals surface area contributed by atoms with Gasteiger partial charge in [0.2, 0.25) is 10.0 Å². The van der Waals surface area contributed by atoms with E-state index in [1.165, 1.54) is 10.6 Å². The zero-order chi connectivity index (χ0) is 29.3. The van der Waals surface area contributed by atoms with E-state index in [9.17, 15) is 13.2 Å². The summed E-state index contributed by atoms with van der Waals surface area (Å²) in [6.07, 6.45) is 3.95. The van der Waals surface area contributed by atoms with Crippen LogP contribution >= 0.6 is 0 Å². The summed E-state index contributed by atoms with van der Waals surface area (Å²) >= 11 is 0. The topological polar surface area (TPSA) is 86.1 Å². The Morgan fingerprint density at radius 3 is 2.21 bits per heavy atom. The fraction of sp³-hybridized carbons (Fsp3) is 0.206. The van der Waals surface area contributed by atoms with Gasteiger partial charge in [0.25, 0.3) is 0 Å². The number of ether oxygens (including phenoxy) is 2. The Morgan fingerprint density at radius 2 is 1.60 bits per heavy atom. The highest BCUT2D eigenvalue weighted by atomic mass is 32.2. The van der Waals surface area contributed by atoms with Crippen LogP contribution in [0.15, 0.2) is 95.4 Å². The van der Waals surface area contributed by atoms with E-state index in [0.29, 0.717) is 46.1 Å². The maximum absolute atomic E-state index is 13.1. The number of aldehydes is 1. The van der Waals surface area contributed by atoms with Crippen LogP contribution < -0.4 is 13.8 Å². The maximum Gasteiger partial charge on any atom is 0.232 e. The number of anilines is 1. The second-order valence-corrected chi connectivity index (χ2v) is 12.5. The molecular formula is C34H31NO6S. The number of carbonyl (C=O) groups is 1. The molecule has 0 aliphatic heterocycles. The van der Waals surface area contributed by atoms with Crippen molar-refractivity contribution in [2.75, 3.05) is 17.7 Å². The first-order valence-corrected chi connectivity index (χ1v) is 15.6. The van der Waals surface area contributed by atoms with Gasteiger partial charge in [-0.3, -0.25) is 9.10 Å². The predicted octanol–water partition coefficient (Wildman–Crippen LogP) is 7.34. The standard InChI is InChI=1S/C34H31NO6S/c1-39-27-14-8-23(9-15-27)20-35(42(2,37)38)32-19-33-30(18-29(32)25-10-11-25)31(21-36)34(41-33)26-12-16-28(17-13-26)40-22-24-6-4-3-5-7-24/h3-9,12-19,21,25H,10-11,20,22H2,1-2H3. The van der Waals surface area contributed by atoms with Gasteiger partial charge in [0.15, 0.2) is 6.29 Å². The molecule has 42 heavy (non-hydrogen) atoms. The first-order valence-electron chi connectivity index (χ1n) is 13.8. The molecule has 7 nitrogen and oxygen atoms in total. The number of rotatable bonds is 11. The minimum Gasteiger partial charge on any atom is -0.497 e. The molecule has 0 amide bonds. The van der Waals surface area contributed by atoms with Gasteiger partial charge < -0.3 is 13.9 Å². The van der Waals surface area contributed by atoms with E-state index in [0.717, 1.165) is 41.4 Å². The van der Waals surface area contributed by atoms with Crippen LogP contribution in [0.3, 0.4) is 0 Å². The minimum atomic E-state index is -3.64. The highest BCUT2D eigenvalue weighted by molar-refractivity contribution is 7.92. The summed E-state index contributed by atoms with van der Waals surface area (Å²) in [5, 5.41) is 0.674. The molecule has 0 atom stereocenters. The molecule has 1 fully saturated rings. The molecule has 0 bridgehead atoms. The molecule has 4 aromatic carbocycles. The van der Waals surface area contributed by atoms with Crippen molar-refractivity contribution in [3.05, 3.63) is 113 Å². The highest BCUT2D eigenvalue weighted by Gasteiger charge is 2.32. The lowest BCUT2D eigenvalue weighted by atomic mass is 10.0. The number of methoxy groups -OCH3 is 1. The summed E-state index contributed by atoms with van der Waals surface area (Å²) in [6, 6.07) is 28.4. The normalized spacial score (nSPS) is 13.2. The number of hydrogen-bond donors (Lipinski definition) is 0. The maximum atomic E-state index is 13.1. The average molecular weight is 582 g/mol.